The number of likely N-dealkylation sites (tertiary alicyclic amines) is 1. The molecule has 0 aromatic heterocycles. The Bertz CT molecular complexity index is 655. The first-order valence-electron chi connectivity index (χ1n) is 8.89. The van der Waals surface area contributed by atoms with Crippen LogP contribution in [0.2, 0.25) is 0 Å². The predicted molar refractivity (Wildman–Crippen MR) is 94.3 cm³/mol. The van der Waals surface area contributed by atoms with Gasteiger partial charge in [-0.25, -0.2) is 0 Å². The Labute approximate surface area is 148 Å². The number of ether oxygens (including phenoxy) is 2. The van der Waals surface area contributed by atoms with E-state index in [-0.39, 0.29) is 5.92 Å². The van der Waals surface area contributed by atoms with Crippen LogP contribution in [0.5, 0.6) is 0 Å². The highest BCUT2D eigenvalue weighted by atomic mass is 16.7. The second-order valence-corrected chi connectivity index (χ2v) is 7.05. The van der Waals surface area contributed by atoms with Gasteiger partial charge < -0.3 is 19.7 Å². The van der Waals surface area contributed by atoms with Gasteiger partial charge in [0.15, 0.2) is 5.79 Å². The van der Waals surface area contributed by atoms with Crippen LogP contribution in [0, 0.1) is 6.92 Å². The Morgan fingerprint density at radius 2 is 1.80 bits per heavy atom. The molecule has 0 atom stereocenters. The topological polar surface area (TPSA) is 67.9 Å². The zero-order valence-electron chi connectivity index (χ0n) is 15.1. The molecule has 6 nitrogen and oxygen atoms in total. The standard InChI is InChI=1S/C19H26N2O4/c1-13(2)15-6-4-5-14(3)16(15)20-17(22)18(23)21-9-7-19(8-10-21)24-11-12-25-19/h4-6,13H,7-12H2,1-3H3,(H,20,22). The van der Waals surface area contributed by atoms with Crippen molar-refractivity contribution in [3.8, 4) is 0 Å². The van der Waals surface area contributed by atoms with Crippen LogP contribution in [0.4, 0.5) is 5.69 Å². The zero-order valence-corrected chi connectivity index (χ0v) is 15.1. The molecule has 1 aromatic rings. The fourth-order valence-electron chi connectivity index (χ4n) is 3.49. The summed E-state index contributed by atoms with van der Waals surface area (Å²) >= 11 is 0. The summed E-state index contributed by atoms with van der Waals surface area (Å²) in [5.74, 6) is -1.36. The third-order valence-corrected chi connectivity index (χ3v) is 4.99. The van der Waals surface area contributed by atoms with Crippen LogP contribution in [0.1, 0.15) is 43.7 Å². The molecule has 1 spiro atoms. The third-order valence-electron chi connectivity index (χ3n) is 4.99. The predicted octanol–water partition coefficient (Wildman–Crippen LogP) is 2.42. The zero-order chi connectivity index (χ0) is 18.0. The van der Waals surface area contributed by atoms with Crippen molar-refractivity contribution in [1.82, 2.24) is 4.90 Å². The van der Waals surface area contributed by atoms with Crippen molar-refractivity contribution >= 4 is 17.5 Å². The lowest BCUT2D eigenvalue weighted by Gasteiger charge is -2.37. The normalized spacial score (nSPS) is 19.4. The van der Waals surface area contributed by atoms with Crippen molar-refractivity contribution in [2.75, 3.05) is 31.6 Å². The van der Waals surface area contributed by atoms with Gasteiger partial charge in [0.25, 0.3) is 0 Å². The second-order valence-electron chi connectivity index (χ2n) is 7.05. The van der Waals surface area contributed by atoms with E-state index in [0.29, 0.717) is 39.1 Å². The van der Waals surface area contributed by atoms with Crippen LogP contribution in [-0.2, 0) is 19.1 Å². The summed E-state index contributed by atoms with van der Waals surface area (Å²) in [6.07, 6.45) is 1.21. The van der Waals surface area contributed by atoms with Crippen LogP contribution in [0.3, 0.4) is 0 Å². The molecule has 3 rings (SSSR count). The summed E-state index contributed by atoms with van der Waals surface area (Å²) in [6.45, 7) is 8.20. The first-order valence-corrected chi connectivity index (χ1v) is 8.89. The van der Waals surface area contributed by atoms with Gasteiger partial charge in [0.2, 0.25) is 0 Å². The maximum Gasteiger partial charge on any atom is 0.313 e. The Kier molecular flexibility index (Phi) is 5.11. The van der Waals surface area contributed by atoms with Crippen LogP contribution in [-0.4, -0.2) is 48.8 Å². The van der Waals surface area contributed by atoms with Gasteiger partial charge in [-0.1, -0.05) is 32.0 Å². The minimum absolute atomic E-state index is 0.261. The minimum atomic E-state index is -0.583. The van der Waals surface area contributed by atoms with E-state index in [2.05, 4.69) is 19.2 Å². The summed E-state index contributed by atoms with van der Waals surface area (Å²) in [5.41, 5.74) is 2.73. The second kappa shape index (κ2) is 7.14. The average Bonchev–Trinajstić information content (AvgIpc) is 3.04. The molecule has 0 unspecified atom stereocenters. The first kappa shape index (κ1) is 17.9. The number of para-hydroxylation sites is 1. The molecule has 1 aromatic carbocycles. The number of hydrogen-bond acceptors (Lipinski definition) is 4. The Hall–Kier alpha value is -1.92. The van der Waals surface area contributed by atoms with Crippen molar-refractivity contribution in [2.24, 2.45) is 0 Å². The lowest BCUT2D eigenvalue weighted by Crippen LogP contribution is -2.50. The number of nitrogens with zero attached hydrogens (tertiary/aromatic N) is 1. The van der Waals surface area contributed by atoms with Crippen LogP contribution >= 0.6 is 0 Å². The van der Waals surface area contributed by atoms with E-state index < -0.39 is 17.6 Å². The number of hydrogen-bond donors (Lipinski definition) is 1. The van der Waals surface area contributed by atoms with E-state index >= 15 is 0 Å². The van der Waals surface area contributed by atoms with E-state index in [1.165, 1.54) is 0 Å². The average molecular weight is 346 g/mol. The van der Waals surface area contributed by atoms with Crippen LogP contribution < -0.4 is 5.32 Å². The number of rotatable bonds is 2. The van der Waals surface area contributed by atoms with Crippen molar-refractivity contribution in [2.45, 2.75) is 45.3 Å². The Morgan fingerprint density at radius 3 is 2.40 bits per heavy atom. The van der Waals surface area contributed by atoms with Gasteiger partial charge in [0, 0.05) is 31.6 Å². The molecule has 0 aliphatic carbocycles. The monoisotopic (exact) mass is 346 g/mol. The highest BCUT2D eigenvalue weighted by molar-refractivity contribution is 6.39. The van der Waals surface area contributed by atoms with Gasteiger partial charge in [-0.15, -0.1) is 0 Å². The molecule has 2 amide bonds. The van der Waals surface area contributed by atoms with Gasteiger partial charge in [0.05, 0.1) is 13.2 Å². The molecule has 2 heterocycles. The van der Waals surface area contributed by atoms with Crippen LogP contribution in [0.25, 0.3) is 0 Å². The number of carbonyl (C=O) groups is 2. The van der Waals surface area contributed by atoms with Crippen molar-refractivity contribution < 1.29 is 19.1 Å². The number of carbonyl (C=O) groups excluding carboxylic acids is 2. The van der Waals surface area contributed by atoms with Gasteiger partial charge in [-0.2, -0.15) is 0 Å². The van der Waals surface area contributed by atoms with Crippen molar-refractivity contribution in [1.29, 1.82) is 0 Å². The van der Waals surface area contributed by atoms with E-state index in [1.54, 1.807) is 4.90 Å². The SMILES string of the molecule is Cc1cccc(C(C)C)c1NC(=O)C(=O)N1CCC2(CC1)OCCO2. The van der Waals surface area contributed by atoms with Crippen LogP contribution in [0.15, 0.2) is 18.2 Å². The molecule has 0 radical (unpaired) electrons. The summed E-state index contributed by atoms with van der Waals surface area (Å²) in [5, 5.41) is 2.83. The molecule has 2 saturated heterocycles. The minimum Gasteiger partial charge on any atom is -0.347 e. The molecular weight excluding hydrogens is 320 g/mol. The van der Waals surface area contributed by atoms with E-state index in [4.69, 9.17) is 9.47 Å². The smallest absolute Gasteiger partial charge is 0.313 e. The summed E-state index contributed by atoms with van der Waals surface area (Å²) in [4.78, 5) is 26.6. The Morgan fingerprint density at radius 1 is 1.16 bits per heavy atom. The molecule has 0 saturated carbocycles. The number of amides is 2. The molecule has 2 aliphatic rings. The van der Waals surface area contributed by atoms with Gasteiger partial charge in [-0.05, 0) is 24.0 Å². The van der Waals surface area contributed by atoms with E-state index in [9.17, 15) is 9.59 Å². The number of nitrogens with one attached hydrogen (secondary N) is 1. The first-order chi connectivity index (χ1) is 11.9. The number of aryl methyl sites for hydroxylation is 1. The van der Waals surface area contributed by atoms with Gasteiger partial charge in [0.1, 0.15) is 0 Å². The maximum absolute atomic E-state index is 12.5. The molecule has 2 fully saturated rings. The summed E-state index contributed by atoms with van der Waals surface area (Å²) < 4.78 is 11.3. The molecule has 25 heavy (non-hydrogen) atoms. The lowest BCUT2D eigenvalue weighted by atomic mass is 9.98. The lowest BCUT2D eigenvalue weighted by molar-refractivity contribution is -0.187. The number of anilines is 1. The number of benzene rings is 1. The molecular formula is C19H26N2O4. The highest BCUT2D eigenvalue weighted by Crippen LogP contribution is 2.31. The molecule has 0 bridgehead atoms. The summed E-state index contributed by atoms with van der Waals surface area (Å²) in [7, 11) is 0. The fourth-order valence-corrected chi connectivity index (χ4v) is 3.49. The highest BCUT2D eigenvalue weighted by Gasteiger charge is 2.41. The largest absolute Gasteiger partial charge is 0.347 e. The molecule has 1 N–H and O–H groups in total. The van der Waals surface area contributed by atoms with E-state index in [1.807, 2.05) is 25.1 Å². The Balaban J connectivity index is 1.65. The quantitative estimate of drug-likeness (QED) is 0.835. The van der Waals surface area contributed by atoms with Gasteiger partial charge >= 0.3 is 11.8 Å². The summed E-state index contributed by atoms with van der Waals surface area (Å²) in [6, 6.07) is 5.89. The fraction of sp³-hybridized carbons (Fsp3) is 0.579. The van der Waals surface area contributed by atoms with Crippen molar-refractivity contribution in [3.63, 3.8) is 0 Å². The molecule has 6 heteroatoms. The molecule has 136 valence electrons. The van der Waals surface area contributed by atoms with Crippen molar-refractivity contribution in [3.05, 3.63) is 29.3 Å². The number of piperidine rings is 1. The third kappa shape index (κ3) is 3.70. The molecule has 2 aliphatic heterocycles. The van der Waals surface area contributed by atoms with E-state index in [0.717, 1.165) is 16.8 Å². The van der Waals surface area contributed by atoms with Gasteiger partial charge in [-0.3, -0.25) is 9.59 Å². The maximum atomic E-state index is 12.5.